The van der Waals surface area contributed by atoms with Gasteiger partial charge in [-0.15, -0.1) is 0 Å². The Kier molecular flexibility index (Phi) is 5.01. The molecule has 0 saturated heterocycles. The number of fused-ring (bicyclic) bond motifs is 5. The van der Waals surface area contributed by atoms with Gasteiger partial charge in [-0.3, -0.25) is 9.36 Å². The Labute approximate surface area is 225 Å². The molecule has 2 aromatic carbocycles. The maximum absolute atomic E-state index is 13.0. The number of H-pyrrole nitrogens is 1. The normalized spacial score (nSPS) is 15.6. The summed E-state index contributed by atoms with van der Waals surface area (Å²) < 4.78 is 7.22. The quantitative estimate of drug-likeness (QED) is 0.329. The number of aryl methyl sites for hydroxylation is 2. The standard InChI is InChI=1S/C31H29N5O3/c1-30(2,3)39-29(38)36-17-18(21-7-4-5-9-25(21)36)10-11-26-33-23-13-19-15-31(16-20(19)14-24(23)34-26)22-8-6-12-32-27(22)35-28(31)37/h4-9,12-14,17H,10-11,15-16H2,1-3H3,(H,33,34)(H,32,35,37). The molecule has 0 fully saturated rings. The third-order valence-electron chi connectivity index (χ3n) is 7.84. The smallest absolute Gasteiger partial charge is 0.419 e. The van der Waals surface area contributed by atoms with Gasteiger partial charge in [-0.1, -0.05) is 24.3 Å². The van der Waals surface area contributed by atoms with Crippen LogP contribution in [0.5, 0.6) is 0 Å². The van der Waals surface area contributed by atoms with Crippen molar-refractivity contribution in [2.45, 2.75) is 57.5 Å². The largest absolute Gasteiger partial charge is 0.443 e. The summed E-state index contributed by atoms with van der Waals surface area (Å²) in [6.45, 7) is 5.61. The van der Waals surface area contributed by atoms with E-state index in [-0.39, 0.29) is 12.0 Å². The van der Waals surface area contributed by atoms with Crippen molar-refractivity contribution in [1.29, 1.82) is 0 Å². The Bertz CT molecular complexity index is 1760. The van der Waals surface area contributed by atoms with E-state index in [2.05, 4.69) is 27.4 Å². The SMILES string of the molecule is CC(C)(C)OC(=O)n1cc(CCc2nc3cc4c(cc3[nH]2)CC2(C4)C(=O)Nc3ncccc32)c2ccccc21. The first kappa shape index (κ1) is 23.6. The number of carbonyl (C=O) groups is 2. The number of carbonyl (C=O) groups excluding carboxylic acids is 2. The predicted molar refractivity (Wildman–Crippen MR) is 149 cm³/mol. The van der Waals surface area contributed by atoms with Gasteiger partial charge in [0.25, 0.3) is 0 Å². The van der Waals surface area contributed by atoms with Crippen molar-refractivity contribution in [1.82, 2.24) is 19.5 Å². The molecular formula is C31H29N5O3. The van der Waals surface area contributed by atoms with Crippen molar-refractivity contribution >= 4 is 39.8 Å². The summed E-state index contributed by atoms with van der Waals surface area (Å²) in [7, 11) is 0. The van der Waals surface area contributed by atoms with Gasteiger partial charge < -0.3 is 15.0 Å². The average Bonchev–Trinajstić information content (AvgIpc) is 3.63. The number of aromatic amines is 1. The van der Waals surface area contributed by atoms with Gasteiger partial charge in [0.1, 0.15) is 17.2 Å². The molecule has 8 nitrogen and oxygen atoms in total. The van der Waals surface area contributed by atoms with E-state index in [1.807, 2.05) is 63.4 Å². The van der Waals surface area contributed by atoms with Crippen LogP contribution in [0.1, 0.15) is 48.8 Å². The van der Waals surface area contributed by atoms with Crippen LogP contribution in [0, 0.1) is 0 Å². The summed E-state index contributed by atoms with van der Waals surface area (Å²) in [5, 5.41) is 4.01. The molecule has 196 valence electrons. The number of rotatable bonds is 3. The van der Waals surface area contributed by atoms with E-state index >= 15 is 0 Å². The fourth-order valence-electron chi connectivity index (χ4n) is 6.11. The van der Waals surface area contributed by atoms with Gasteiger partial charge in [-0.2, -0.15) is 0 Å². The van der Waals surface area contributed by atoms with Crippen LogP contribution >= 0.6 is 0 Å². The third-order valence-corrected chi connectivity index (χ3v) is 7.84. The Balaban J connectivity index is 1.14. The zero-order valence-corrected chi connectivity index (χ0v) is 22.2. The fourth-order valence-corrected chi connectivity index (χ4v) is 6.11. The number of nitrogens with zero attached hydrogens (tertiary/aromatic N) is 3. The van der Waals surface area contributed by atoms with E-state index in [4.69, 9.17) is 9.72 Å². The number of hydrogen-bond acceptors (Lipinski definition) is 5. The maximum Gasteiger partial charge on any atom is 0.419 e. The fraction of sp³-hybridized carbons (Fsp3) is 0.290. The highest BCUT2D eigenvalue weighted by atomic mass is 16.6. The average molecular weight is 520 g/mol. The zero-order chi connectivity index (χ0) is 26.9. The van der Waals surface area contributed by atoms with E-state index in [1.54, 1.807) is 10.8 Å². The monoisotopic (exact) mass is 519 g/mol. The number of aromatic nitrogens is 4. The molecule has 1 unspecified atom stereocenters. The summed E-state index contributed by atoms with van der Waals surface area (Å²) in [6.07, 6.45) is 5.95. The number of nitrogens with one attached hydrogen (secondary N) is 2. The summed E-state index contributed by atoms with van der Waals surface area (Å²) in [5.41, 5.74) is 5.94. The molecule has 39 heavy (non-hydrogen) atoms. The lowest BCUT2D eigenvalue weighted by molar-refractivity contribution is -0.120. The minimum absolute atomic E-state index is 0.0234. The predicted octanol–water partition coefficient (Wildman–Crippen LogP) is 5.47. The van der Waals surface area contributed by atoms with E-state index in [1.165, 1.54) is 5.56 Å². The first-order valence-electron chi connectivity index (χ1n) is 13.3. The summed E-state index contributed by atoms with van der Waals surface area (Å²) in [6, 6.07) is 16.1. The van der Waals surface area contributed by atoms with E-state index in [0.29, 0.717) is 25.1 Å². The Hall–Kier alpha value is -4.46. The van der Waals surface area contributed by atoms with Crippen molar-refractivity contribution in [3.05, 3.63) is 89.0 Å². The van der Waals surface area contributed by atoms with E-state index in [9.17, 15) is 9.59 Å². The van der Waals surface area contributed by atoms with Crippen LogP contribution < -0.4 is 5.32 Å². The van der Waals surface area contributed by atoms with Crippen molar-refractivity contribution in [2.24, 2.45) is 0 Å². The van der Waals surface area contributed by atoms with Crippen molar-refractivity contribution in [3.8, 4) is 0 Å². The van der Waals surface area contributed by atoms with Crippen LogP contribution in [-0.4, -0.2) is 37.1 Å². The van der Waals surface area contributed by atoms with Gasteiger partial charge >= 0.3 is 6.09 Å². The third kappa shape index (κ3) is 3.81. The molecule has 0 radical (unpaired) electrons. The number of amides is 1. The molecule has 5 aromatic rings. The van der Waals surface area contributed by atoms with Gasteiger partial charge in [0.05, 0.1) is 22.0 Å². The highest BCUT2D eigenvalue weighted by Gasteiger charge is 2.51. The van der Waals surface area contributed by atoms with Crippen molar-refractivity contribution < 1.29 is 14.3 Å². The minimum Gasteiger partial charge on any atom is -0.443 e. The molecule has 4 heterocycles. The second kappa shape index (κ2) is 8.27. The maximum atomic E-state index is 13.0. The first-order chi connectivity index (χ1) is 18.7. The highest BCUT2D eigenvalue weighted by Crippen LogP contribution is 2.47. The van der Waals surface area contributed by atoms with Crippen LogP contribution in [0.25, 0.3) is 21.9 Å². The van der Waals surface area contributed by atoms with Crippen molar-refractivity contribution in [3.63, 3.8) is 0 Å². The molecule has 1 spiro atoms. The summed E-state index contributed by atoms with van der Waals surface area (Å²) in [4.78, 5) is 38.6. The number of imidazole rings is 1. The van der Waals surface area contributed by atoms with Gasteiger partial charge in [-0.25, -0.2) is 14.8 Å². The van der Waals surface area contributed by atoms with Crippen molar-refractivity contribution in [2.75, 3.05) is 5.32 Å². The lowest BCUT2D eigenvalue weighted by Gasteiger charge is -2.20. The van der Waals surface area contributed by atoms with Crippen LogP contribution in [0.2, 0.25) is 0 Å². The Morgan fingerprint density at radius 2 is 1.87 bits per heavy atom. The van der Waals surface area contributed by atoms with Gasteiger partial charge in [-0.05, 0) is 81.0 Å². The molecular weight excluding hydrogens is 490 g/mol. The minimum atomic E-state index is -0.587. The summed E-state index contributed by atoms with van der Waals surface area (Å²) >= 11 is 0. The molecule has 2 N–H and O–H groups in total. The van der Waals surface area contributed by atoms with E-state index in [0.717, 1.165) is 50.9 Å². The van der Waals surface area contributed by atoms with Gasteiger partial charge in [0.15, 0.2) is 0 Å². The van der Waals surface area contributed by atoms with Gasteiger partial charge in [0, 0.05) is 29.8 Å². The molecule has 1 aliphatic heterocycles. The van der Waals surface area contributed by atoms with Crippen LogP contribution in [0.3, 0.4) is 0 Å². The lowest BCUT2D eigenvalue weighted by atomic mass is 9.79. The van der Waals surface area contributed by atoms with E-state index < -0.39 is 11.0 Å². The number of ether oxygens (including phenoxy) is 1. The molecule has 0 bridgehead atoms. The highest BCUT2D eigenvalue weighted by molar-refractivity contribution is 6.06. The Morgan fingerprint density at radius 1 is 1.08 bits per heavy atom. The number of para-hydroxylation sites is 1. The topological polar surface area (TPSA) is 102 Å². The summed E-state index contributed by atoms with van der Waals surface area (Å²) in [5.74, 6) is 1.59. The molecule has 8 heteroatoms. The van der Waals surface area contributed by atoms with Crippen LogP contribution in [0.4, 0.5) is 10.6 Å². The second-order valence-electron chi connectivity index (χ2n) is 11.6. The molecule has 0 saturated carbocycles. The van der Waals surface area contributed by atoms with Crippen LogP contribution in [-0.2, 0) is 40.6 Å². The Morgan fingerprint density at radius 3 is 2.69 bits per heavy atom. The number of hydrogen-bond donors (Lipinski definition) is 2. The zero-order valence-electron chi connectivity index (χ0n) is 22.2. The molecule has 1 amide bonds. The number of pyridine rings is 1. The molecule has 7 rings (SSSR count). The first-order valence-corrected chi connectivity index (χ1v) is 13.3. The number of anilines is 1. The molecule has 1 atom stereocenters. The molecule has 3 aromatic heterocycles. The van der Waals surface area contributed by atoms with Crippen LogP contribution in [0.15, 0.2) is 60.9 Å². The molecule has 1 aliphatic carbocycles. The molecule has 2 aliphatic rings. The number of benzene rings is 2. The second-order valence-corrected chi connectivity index (χ2v) is 11.6. The van der Waals surface area contributed by atoms with Gasteiger partial charge in [0.2, 0.25) is 5.91 Å². The lowest BCUT2D eigenvalue weighted by Crippen LogP contribution is -2.35.